The Morgan fingerprint density at radius 1 is 1.20 bits per heavy atom. The maximum Gasteiger partial charge on any atom is 0.313 e. The zero-order valence-electron chi connectivity index (χ0n) is 13.7. The summed E-state index contributed by atoms with van der Waals surface area (Å²) < 4.78 is 10.9. The molecule has 1 aliphatic heterocycles. The van der Waals surface area contributed by atoms with Gasteiger partial charge in [0.15, 0.2) is 6.10 Å². The van der Waals surface area contributed by atoms with Crippen LogP contribution in [0.4, 0.5) is 5.69 Å². The summed E-state index contributed by atoms with van der Waals surface area (Å²) in [6.07, 6.45) is -0.394. The number of amides is 1. The minimum atomic E-state index is -0.930. The Kier molecular flexibility index (Phi) is 5.24. The number of anilines is 1. The number of para-hydroxylation sites is 2. The Labute approximate surface area is 150 Å². The molecule has 2 aromatic rings. The van der Waals surface area contributed by atoms with E-state index in [-0.39, 0.29) is 6.61 Å². The molecule has 0 aromatic heterocycles. The van der Waals surface area contributed by atoms with Gasteiger partial charge in [-0.3, -0.25) is 9.59 Å². The van der Waals surface area contributed by atoms with E-state index < -0.39 is 23.9 Å². The Morgan fingerprint density at radius 2 is 1.92 bits per heavy atom. The van der Waals surface area contributed by atoms with Gasteiger partial charge >= 0.3 is 5.97 Å². The van der Waals surface area contributed by atoms with Gasteiger partial charge in [-0.1, -0.05) is 41.9 Å². The van der Waals surface area contributed by atoms with E-state index in [1.807, 2.05) is 24.3 Å². The first-order chi connectivity index (χ1) is 12.0. The highest BCUT2D eigenvalue weighted by atomic mass is 35.5. The topological polar surface area (TPSA) is 64.6 Å². The fourth-order valence-electron chi connectivity index (χ4n) is 2.60. The first-order valence-corrected chi connectivity index (χ1v) is 8.39. The van der Waals surface area contributed by atoms with Crippen LogP contribution < -0.4 is 10.1 Å². The van der Waals surface area contributed by atoms with Gasteiger partial charge in [-0.25, -0.2) is 0 Å². The van der Waals surface area contributed by atoms with Gasteiger partial charge in [0.2, 0.25) is 0 Å². The average molecular weight is 360 g/mol. The second kappa shape index (κ2) is 7.57. The summed E-state index contributed by atoms with van der Waals surface area (Å²) in [5.74, 6) is -0.517. The van der Waals surface area contributed by atoms with Crippen molar-refractivity contribution in [3.8, 4) is 5.75 Å². The van der Waals surface area contributed by atoms with Crippen molar-refractivity contribution >= 4 is 29.2 Å². The number of nitrogens with one attached hydrogen (secondary N) is 1. The lowest BCUT2D eigenvalue weighted by Crippen LogP contribution is -2.36. The van der Waals surface area contributed by atoms with Crippen molar-refractivity contribution in [1.82, 2.24) is 0 Å². The SMILES string of the molecule is CC(OC(=O)C1COc2ccccc2C1)C(=O)Nc1ccccc1Cl. The van der Waals surface area contributed by atoms with E-state index in [1.165, 1.54) is 6.92 Å². The number of carbonyl (C=O) groups is 2. The van der Waals surface area contributed by atoms with Crippen LogP contribution >= 0.6 is 11.6 Å². The molecule has 1 amide bonds. The van der Waals surface area contributed by atoms with Crippen molar-refractivity contribution in [2.75, 3.05) is 11.9 Å². The van der Waals surface area contributed by atoms with Crippen molar-refractivity contribution in [1.29, 1.82) is 0 Å². The lowest BCUT2D eigenvalue weighted by molar-refractivity contribution is -0.158. The van der Waals surface area contributed by atoms with E-state index in [0.29, 0.717) is 17.1 Å². The van der Waals surface area contributed by atoms with Crippen LogP contribution in [0.15, 0.2) is 48.5 Å². The average Bonchev–Trinajstić information content (AvgIpc) is 2.63. The molecule has 1 N–H and O–H groups in total. The molecule has 5 nitrogen and oxygen atoms in total. The number of carbonyl (C=O) groups excluding carboxylic acids is 2. The van der Waals surface area contributed by atoms with E-state index >= 15 is 0 Å². The molecule has 6 heteroatoms. The van der Waals surface area contributed by atoms with Crippen molar-refractivity contribution in [3.05, 3.63) is 59.1 Å². The number of halogens is 1. The summed E-state index contributed by atoms with van der Waals surface area (Å²) in [6, 6.07) is 14.5. The second-order valence-electron chi connectivity index (χ2n) is 5.87. The van der Waals surface area contributed by atoms with Gasteiger partial charge < -0.3 is 14.8 Å². The van der Waals surface area contributed by atoms with Crippen LogP contribution in [0.3, 0.4) is 0 Å². The second-order valence-corrected chi connectivity index (χ2v) is 6.28. The third-order valence-corrected chi connectivity index (χ3v) is 4.34. The van der Waals surface area contributed by atoms with Crippen LogP contribution in [0.1, 0.15) is 12.5 Å². The minimum Gasteiger partial charge on any atom is -0.492 e. The molecule has 0 spiro atoms. The van der Waals surface area contributed by atoms with E-state index in [0.717, 1.165) is 11.3 Å². The van der Waals surface area contributed by atoms with Gasteiger partial charge in [0, 0.05) is 0 Å². The molecule has 2 unspecified atom stereocenters. The Morgan fingerprint density at radius 3 is 2.72 bits per heavy atom. The number of benzene rings is 2. The Balaban J connectivity index is 1.57. The van der Waals surface area contributed by atoms with Crippen LogP contribution in [-0.2, 0) is 20.7 Å². The summed E-state index contributed by atoms with van der Waals surface area (Å²) in [5.41, 5.74) is 1.44. The van der Waals surface area contributed by atoms with Crippen LogP contribution in [0.5, 0.6) is 5.75 Å². The fourth-order valence-corrected chi connectivity index (χ4v) is 2.78. The molecule has 0 fully saturated rings. The summed E-state index contributed by atoms with van der Waals surface area (Å²) in [5, 5.41) is 3.08. The van der Waals surface area contributed by atoms with Crippen LogP contribution in [-0.4, -0.2) is 24.6 Å². The molecule has 2 atom stereocenters. The summed E-state index contributed by atoms with van der Waals surface area (Å²) in [7, 11) is 0. The van der Waals surface area contributed by atoms with Gasteiger partial charge in [0.1, 0.15) is 12.4 Å². The molecule has 0 bridgehead atoms. The first-order valence-electron chi connectivity index (χ1n) is 8.01. The number of fused-ring (bicyclic) bond motifs is 1. The maximum atomic E-state index is 12.3. The van der Waals surface area contributed by atoms with Crippen molar-refractivity contribution in [2.45, 2.75) is 19.4 Å². The number of rotatable bonds is 4. The van der Waals surface area contributed by atoms with Crippen molar-refractivity contribution in [2.24, 2.45) is 5.92 Å². The van der Waals surface area contributed by atoms with Crippen LogP contribution in [0.25, 0.3) is 0 Å². The standard InChI is InChI=1S/C19H18ClNO4/c1-12(18(22)21-16-8-4-3-7-15(16)20)25-19(23)14-10-13-6-2-5-9-17(13)24-11-14/h2-9,12,14H,10-11H2,1H3,(H,21,22). The van der Waals surface area contributed by atoms with Crippen LogP contribution in [0.2, 0.25) is 5.02 Å². The summed E-state index contributed by atoms with van der Waals surface area (Å²) >= 11 is 6.01. The third-order valence-electron chi connectivity index (χ3n) is 4.01. The van der Waals surface area contributed by atoms with Gasteiger partial charge in [0.25, 0.3) is 5.91 Å². The maximum absolute atomic E-state index is 12.3. The number of esters is 1. The highest BCUT2D eigenvalue weighted by molar-refractivity contribution is 6.33. The molecule has 1 aliphatic rings. The lowest BCUT2D eigenvalue weighted by Gasteiger charge is -2.25. The molecule has 130 valence electrons. The van der Waals surface area contributed by atoms with Crippen molar-refractivity contribution < 1.29 is 19.1 Å². The van der Waals surface area contributed by atoms with Gasteiger partial charge in [-0.2, -0.15) is 0 Å². The molecule has 0 saturated heterocycles. The largest absolute Gasteiger partial charge is 0.492 e. The molecule has 0 radical (unpaired) electrons. The zero-order valence-corrected chi connectivity index (χ0v) is 14.5. The number of hydrogen-bond donors (Lipinski definition) is 1. The quantitative estimate of drug-likeness (QED) is 0.849. The number of ether oxygens (including phenoxy) is 2. The normalized spacial score (nSPS) is 17.0. The van der Waals surface area contributed by atoms with Gasteiger partial charge in [-0.15, -0.1) is 0 Å². The van der Waals surface area contributed by atoms with Crippen molar-refractivity contribution in [3.63, 3.8) is 0 Å². The van der Waals surface area contributed by atoms with E-state index in [4.69, 9.17) is 21.1 Å². The zero-order chi connectivity index (χ0) is 17.8. The predicted octanol–water partition coefficient (Wildman–Crippen LogP) is 3.46. The molecule has 0 aliphatic carbocycles. The Hall–Kier alpha value is -2.53. The molecule has 0 saturated carbocycles. The molecule has 3 rings (SSSR count). The third kappa shape index (κ3) is 4.12. The molecule has 2 aromatic carbocycles. The van der Waals surface area contributed by atoms with E-state index in [2.05, 4.69) is 5.32 Å². The first kappa shape index (κ1) is 17.3. The van der Waals surface area contributed by atoms with E-state index in [9.17, 15) is 9.59 Å². The molecular formula is C19H18ClNO4. The monoisotopic (exact) mass is 359 g/mol. The lowest BCUT2D eigenvalue weighted by atomic mass is 9.97. The summed E-state index contributed by atoms with van der Waals surface area (Å²) in [4.78, 5) is 24.5. The van der Waals surface area contributed by atoms with Gasteiger partial charge in [-0.05, 0) is 37.1 Å². The Bertz CT molecular complexity index is 792. The highest BCUT2D eigenvalue weighted by Crippen LogP contribution is 2.27. The molecule has 25 heavy (non-hydrogen) atoms. The molecular weight excluding hydrogens is 342 g/mol. The van der Waals surface area contributed by atoms with Gasteiger partial charge in [0.05, 0.1) is 16.6 Å². The predicted molar refractivity (Wildman–Crippen MR) is 94.8 cm³/mol. The van der Waals surface area contributed by atoms with E-state index in [1.54, 1.807) is 24.3 Å². The smallest absolute Gasteiger partial charge is 0.313 e. The fraction of sp³-hybridized carbons (Fsp3) is 0.263. The number of hydrogen-bond acceptors (Lipinski definition) is 4. The highest BCUT2D eigenvalue weighted by Gasteiger charge is 2.29. The van der Waals surface area contributed by atoms with Crippen LogP contribution in [0, 0.1) is 5.92 Å². The summed E-state index contributed by atoms with van der Waals surface area (Å²) in [6.45, 7) is 1.77. The molecule has 1 heterocycles. The minimum absolute atomic E-state index is 0.245.